The number of fused-ring (bicyclic) bond motifs is 1. The normalized spacial score (nSPS) is 10.9. The molecule has 4 rings (SSSR count). The zero-order chi connectivity index (χ0) is 17.2. The SMILES string of the molecule is O=C(O)Cc1ccc(-c2nnc(-c3cccc4ccccc34)o2)cc1. The average molecular weight is 330 g/mol. The highest BCUT2D eigenvalue weighted by Gasteiger charge is 2.13. The molecular formula is C20H14N2O3. The first-order chi connectivity index (χ1) is 12.2. The van der Waals surface area contributed by atoms with Crippen LogP contribution in [0.3, 0.4) is 0 Å². The minimum absolute atomic E-state index is 0.00856. The molecule has 1 aromatic heterocycles. The number of carboxylic acids is 1. The van der Waals surface area contributed by atoms with E-state index in [-0.39, 0.29) is 6.42 Å². The van der Waals surface area contributed by atoms with Gasteiger partial charge in [-0.1, -0.05) is 48.5 Å². The molecule has 5 heteroatoms. The van der Waals surface area contributed by atoms with Gasteiger partial charge in [0, 0.05) is 11.1 Å². The van der Waals surface area contributed by atoms with Crippen molar-refractivity contribution in [1.29, 1.82) is 0 Å². The van der Waals surface area contributed by atoms with Gasteiger partial charge in [-0.25, -0.2) is 0 Å². The van der Waals surface area contributed by atoms with E-state index in [4.69, 9.17) is 9.52 Å². The maximum Gasteiger partial charge on any atom is 0.307 e. The van der Waals surface area contributed by atoms with Crippen LogP contribution in [0.25, 0.3) is 33.7 Å². The van der Waals surface area contributed by atoms with E-state index in [9.17, 15) is 4.79 Å². The highest BCUT2D eigenvalue weighted by Crippen LogP contribution is 2.29. The van der Waals surface area contributed by atoms with Crippen LogP contribution in [0.5, 0.6) is 0 Å². The largest absolute Gasteiger partial charge is 0.481 e. The van der Waals surface area contributed by atoms with Gasteiger partial charge in [-0.2, -0.15) is 0 Å². The molecule has 1 N–H and O–H groups in total. The molecule has 0 aliphatic carbocycles. The Kier molecular flexibility index (Phi) is 3.74. The summed E-state index contributed by atoms with van der Waals surface area (Å²) in [5.41, 5.74) is 2.37. The van der Waals surface area contributed by atoms with Gasteiger partial charge in [-0.3, -0.25) is 4.79 Å². The van der Waals surface area contributed by atoms with Crippen LogP contribution >= 0.6 is 0 Å². The van der Waals surface area contributed by atoms with E-state index in [0.717, 1.165) is 27.5 Å². The fourth-order valence-corrected chi connectivity index (χ4v) is 2.80. The zero-order valence-corrected chi connectivity index (χ0v) is 13.2. The Morgan fingerprint density at radius 2 is 1.60 bits per heavy atom. The monoisotopic (exact) mass is 330 g/mol. The highest BCUT2D eigenvalue weighted by atomic mass is 16.4. The number of carboxylic acid groups (broad SMARTS) is 1. The average Bonchev–Trinajstić information content (AvgIpc) is 3.11. The van der Waals surface area contributed by atoms with Crippen LogP contribution in [-0.2, 0) is 11.2 Å². The van der Waals surface area contributed by atoms with Crippen LogP contribution in [0.4, 0.5) is 0 Å². The number of aromatic nitrogens is 2. The van der Waals surface area contributed by atoms with E-state index in [2.05, 4.69) is 10.2 Å². The fraction of sp³-hybridized carbons (Fsp3) is 0.0500. The quantitative estimate of drug-likeness (QED) is 0.607. The summed E-state index contributed by atoms with van der Waals surface area (Å²) < 4.78 is 5.85. The predicted octanol–water partition coefficient (Wildman–Crippen LogP) is 4.18. The van der Waals surface area contributed by atoms with Crippen LogP contribution in [-0.4, -0.2) is 21.3 Å². The van der Waals surface area contributed by atoms with Gasteiger partial charge in [0.25, 0.3) is 0 Å². The number of benzene rings is 3. The molecule has 0 aliphatic rings. The molecule has 25 heavy (non-hydrogen) atoms. The molecule has 0 amide bonds. The van der Waals surface area contributed by atoms with Gasteiger partial charge in [0.2, 0.25) is 11.8 Å². The van der Waals surface area contributed by atoms with Crippen molar-refractivity contribution in [2.45, 2.75) is 6.42 Å². The van der Waals surface area contributed by atoms with Gasteiger partial charge in [-0.15, -0.1) is 10.2 Å². The molecule has 122 valence electrons. The summed E-state index contributed by atoms with van der Waals surface area (Å²) in [5, 5.41) is 19.3. The summed E-state index contributed by atoms with van der Waals surface area (Å²) in [5.74, 6) is 0.00926. The third-order valence-electron chi connectivity index (χ3n) is 4.00. The lowest BCUT2D eigenvalue weighted by molar-refractivity contribution is -0.136. The smallest absolute Gasteiger partial charge is 0.307 e. The number of hydrogen-bond donors (Lipinski definition) is 1. The molecule has 0 spiro atoms. The van der Waals surface area contributed by atoms with Gasteiger partial charge in [0.15, 0.2) is 0 Å². The van der Waals surface area contributed by atoms with Crippen molar-refractivity contribution in [1.82, 2.24) is 10.2 Å². The molecule has 0 fully saturated rings. The minimum atomic E-state index is -0.858. The van der Waals surface area contributed by atoms with Crippen molar-refractivity contribution >= 4 is 16.7 Å². The van der Waals surface area contributed by atoms with E-state index in [1.807, 2.05) is 42.5 Å². The Bertz CT molecular complexity index is 1050. The van der Waals surface area contributed by atoms with Crippen LogP contribution in [0, 0.1) is 0 Å². The lowest BCUT2D eigenvalue weighted by Gasteiger charge is -2.02. The van der Waals surface area contributed by atoms with E-state index in [1.54, 1.807) is 24.3 Å². The second kappa shape index (κ2) is 6.20. The first kappa shape index (κ1) is 15.1. The van der Waals surface area contributed by atoms with E-state index in [0.29, 0.717) is 11.8 Å². The molecule has 1 heterocycles. The number of aliphatic carboxylic acids is 1. The van der Waals surface area contributed by atoms with Crippen molar-refractivity contribution in [2.75, 3.05) is 0 Å². The summed E-state index contributed by atoms with van der Waals surface area (Å²) in [6.45, 7) is 0. The summed E-state index contributed by atoms with van der Waals surface area (Å²) in [7, 11) is 0. The Labute approximate surface area is 143 Å². The van der Waals surface area contributed by atoms with Crippen molar-refractivity contribution < 1.29 is 14.3 Å². The maximum atomic E-state index is 10.8. The summed E-state index contributed by atoms with van der Waals surface area (Å²) in [4.78, 5) is 10.8. The number of rotatable bonds is 4. The Morgan fingerprint density at radius 1 is 0.880 bits per heavy atom. The van der Waals surface area contributed by atoms with Gasteiger partial charge < -0.3 is 9.52 Å². The van der Waals surface area contributed by atoms with Crippen molar-refractivity contribution in [2.24, 2.45) is 0 Å². The van der Waals surface area contributed by atoms with Crippen LogP contribution in [0.2, 0.25) is 0 Å². The van der Waals surface area contributed by atoms with Gasteiger partial charge in [-0.05, 0) is 34.5 Å². The molecular weight excluding hydrogens is 316 g/mol. The van der Waals surface area contributed by atoms with Crippen LogP contribution in [0.15, 0.2) is 71.1 Å². The lowest BCUT2D eigenvalue weighted by atomic mass is 10.0. The van der Waals surface area contributed by atoms with E-state index < -0.39 is 5.97 Å². The summed E-state index contributed by atoms with van der Waals surface area (Å²) in [6, 6.07) is 21.1. The lowest BCUT2D eigenvalue weighted by Crippen LogP contribution is -1.99. The number of hydrogen-bond acceptors (Lipinski definition) is 4. The second-order valence-corrected chi connectivity index (χ2v) is 5.71. The van der Waals surface area contributed by atoms with Gasteiger partial charge in [0.05, 0.1) is 6.42 Å². The molecule has 0 bridgehead atoms. The molecule has 5 nitrogen and oxygen atoms in total. The fourth-order valence-electron chi connectivity index (χ4n) is 2.80. The van der Waals surface area contributed by atoms with Crippen LogP contribution < -0.4 is 0 Å². The minimum Gasteiger partial charge on any atom is -0.481 e. The third-order valence-corrected chi connectivity index (χ3v) is 4.00. The summed E-state index contributed by atoms with van der Waals surface area (Å²) in [6.07, 6.45) is -0.00856. The molecule has 0 saturated carbocycles. The molecule has 0 unspecified atom stereocenters. The van der Waals surface area contributed by atoms with Crippen LogP contribution in [0.1, 0.15) is 5.56 Å². The third kappa shape index (κ3) is 2.99. The first-order valence-corrected chi connectivity index (χ1v) is 7.83. The predicted molar refractivity (Wildman–Crippen MR) is 94.0 cm³/mol. The second-order valence-electron chi connectivity index (χ2n) is 5.71. The first-order valence-electron chi connectivity index (χ1n) is 7.83. The van der Waals surface area contributed by atoms with E-state index in [1.165, 1.54) is 0 Å². The topological polar surface area (TPSA) is 76.2 Å². The molecule has 0 radical (unpaired) electrons. The molecule has 0 saturated heterocycles. The maximum absolute atomic E-state index is 10.8. The Hall–Kier alpha value is -3.47. The summed E-state index contributed by atoms with van der Waals surface area (Å²) >= 11 is 0. The van der Waals surface area contributed by atoms with Crippen molar-refractivity contribution in [3.8, 4) is 22.9 Å². The molecule has 3 aromatic carbocycles. The number of carbonyl (C=O) groups is 1. The van der Waals surface area contributed by atoms with Gasteiger partial charge >= 0.3 is 5.97 Å². The van der Waals surface area contributed by atoms with E-state index >= 15 is 0 Å². The Balaban J connectivity index is 1.69. The highest BCUT2D eigenvalue weighted by molar-refractivity contribution is 5.94. The molecule has 0 atom stereocenters. The Morgan fingerprint density at radius 3 is 2.40 bits per heavy atom. The standard InChI is InChI=1S/C20H14N2O3/c23-18(24)12-13-8-10-15(11-9-13)19-21-22-20(25-19)17-7-3-5-14-4-1-2-6-16(14)17/h1-11H,12H2,(H,23,24). The number of nitrogens with zero attached hydrogens (tertiary/aromatic N) is 2. The van der Waals surface area contributed by atoms with Gasteiger partial charge in [0.1, 0.15) is 0 Å². The van der Waals surface area contributed by atoms with Crippen molar-refractivity contribution in [3.63, 3.8) is 0 Å². The molecule has 0 aliphatic heterocycles. The molecule has 4 aromatic rings. The van der Waals surface area contributed by atoms with Crippen molar-refractivity contribution in [3.05, 3.63) is 72.3 Å². The zero-order valence-electron chi connectivity index (χ0n) is 13.2.